The number of benzene rings is 3. The zero-order valence-corrected chi connectivity index (χ0v) is 17.1. The third-order valence-electron chi connectivity index (χ3n) is 5.41. The van der Waals surface area contributed by atoms with Gasteiger partial charge in [-0.3, -0.25) is 5.09 Å². The summed E-state index contributed by atoms with van der Waals surface area (Å²) in [6, 6.07) is 30.6. The van der Waals surface area contributed by atoms with Crippen molar-refractivity contribution in [3.05, 3.63) is 108 Å². The standard InChI is InChI=1S/C24H28NOP/c1-19(22-13-7-4-8-14-22)25-27(26,20(2)23-15-9-5-10-16-23)21(3)24-17-11-6-12-18-24/h4-21H,1-3H3,(H,25,26)/t19-,20-,21-/m1/s1. The van der Waals surface area contributed by atoms with Gasteiger partial charge < -0.3 is 4.57 Å². The van der Waals surface area contributed by atoms with Crippen molar-refractivity contribution in [2.75, 3.05) is 0 Å². The van der Waals surface area contributed by atoms with Crippen LogP contribution in [-0.2, 0) is 4.57 Å². The highest BCUT2D eigenvalue weighted by molar-refractivity contribution is 7.62. The highest BCUT2D eigenvalue weighted by Gasteiger charge is 2.38. The first kappa shape index (κ1) is 19.6. The quantitative estimate of drug-likeness (QED) is 0.443. The number of hydrogen-bond donors (Lipinski definition) is 1. The van der Waals surface area contributed by atoms with E-state index < -0.39 is 7.29 Å². The first-order chi connectivity index (χ1) is 13.0. The van der Waals surface area contributed by atoms with Crippen LogP contribution in [-0.4, -0.2) is 0 Å². The molecule has 0 aliphatic carbocycles. The molecular weight excluding hydrogens is 349 g/mol. The van der Waals surface area contributed by atoms with Gasteiger partial charge in [-0.15, -0.1) is 0 Å². The lowest BCUT2D eigenvalue weighted by molar-refractivity contribution is 0.535. The zero-order valence-electron chi connectivity index (χ0n) is 16.2. The monoisotopic (exact) mass is 377 g/mol. The maximum absolute atomic E-state index is 14.5. The van der Waals surface area contributed by atoms with Gasteiger partial charge in [-0.1, -0.05) is 105 Å². The highest BCUT2D eigenvalue weighted by Crippen LogP contribution is 2.66. The Hall–Kier alpha value is -2.15. The van der Waals surface area contributed by atoms with Gasteiger partial charge in [0.2, 0.25) is 0 Å². The van der Waals surface area contributed by atoms with Crippen LogP contribution < -0.4 is 5.09 Å². The molecular formula is C24H28NOP. The molecule has 0 unspecified atom stereocenters. The summed E-state index contributed by atoms with van der Waals surface area (Å²) in [4.78, 5) is 0. The fraction of sp³-hybridized carbons (Fsp3) is 0.250. The Morgan fingerprint density at radius 2 is 0.926 bits per heavy atom. The van der Waals surface area contributed by atoms with E-state index in [4.69, 9.17) is 0 Å². The fourth-order valence-electron chi connectivity index (χ4n) is 3.58. The molecule has 3 aromatic carbocycles. The summed E-state index contributed by atoms with van der Waals surface area (Å²) in [5.74, 6) is 0. The van der Waals surface area contributed by atoms with E-state index in [2.05, 4.69) is 62.3 Å². The molecule has 3 heteroatoms. The van der Waals surface area contributed by atoms with E-state index in [9.17, 15) is 4.57 Å². The molecule has 3 aromatic rings. The second-order valence-corrected chi connectivity index (χ2v) is 10.4. The van der Waals surface area contributed by atoms with Crippen molar-refractivity contribution in [3.8, 4) is 0 Å². The number of hydrogen-bond acceptors (Lipinski definition) is 1. The second-order valence-electron chi connectivity index (χ2n) is 7.14. The predicted molar refractivity (Wildman–Crippen MR) is 115 cm³/mol. The van der Waals surface area contributed by atoms with Gasteiger partial charge in [0.15, 0.2) is 7.29 Å². The van der Waals surface area contributed by atoms with Gasteiger partial charge in [0, 0.05) is 17.4 Å². The molecule has 0 fully saturated rings. The highest BCUT2D eigenvalue weighted by atomic mass is 31.2. The Morgan fingerprint density at radius 3 is 1.30 bits per heavy atom. The van der Waals surface area contributed by atoms with Crippen LogP contribution in [0.3, 0.4) is 0 Å². The molecule has 3 atom stereocenters. The minimum Gasteiger partial charge on any atom is -0.305 e. The Bertz CT molecular complexity index is 831. The topological polar surface area (TPSA) is 29.1 Å². The minimum atomic E-state index is -2.82. The molecule has 3 rings (SSSR count). The van der Waals surface area contributed by atoms with Crippen LogP contribution in [0.4, 0.5) is 0 Å². The van der Waals surface area contributed by atoms with Crippen molar-refractivity contribution in [1.82, 2.24) is 5.09 Å². The van der Waals surface area contributed by atoms with E-state index in [1.165, 1.54) is 0 Å². The number of rotatable bonds is 7. The maximum atomic E-state index is 14.5. The van der Waals surface area contributed by atoms with E-state index >= 15 is 0 Å². The Morgan fingerprint density at radius 1 is 0.593 bits per heavy atom. The molecule has 0 spiro atoms. The molecule has 0 saturated carbocycles. The smallest absolute Gasteiger partial charge is 0.162 e. The van der Waals surface area contributed by atoms with Gasteiger partial charge in [-0.25, -0.2) is 0 Å². The third kappa shape index (κ3) is 4.40. The average molecular weight is 377 g/mol. The molecule has 0 radical (unpaired) electrons. The summed E-state index contributed by atoms with van der Waals surface area (Å²) in [7, 11) is -2.82. The summed E-state index contributed by atoms with van der Waals surface area (Å²) in [5.41, 5.74) is 3.20. The third-order valence-corrected chi connectivity index (χ3v) is 9.10. The Balaban J connectivity index is 1.99. The van der Waals surface area contributed by atoms with Crippen LogP contribution in [0.2, 0.25) is 0 Å². The second kappa shape index (κ2) is 8.69. The molecule has 0 saturated heterocycles. The number of nitrogens with one attached hydrogen (secondary N) is 1. The molecule has 0 amide bonds. The summed E-state index contributed by atoms with van der Waals surface area (Å²) in [5, 5.41) is 3.56. The van der Waals surface area contributed by atoms with Gasteiger partial charge in [0.25, 0.3) is 0 Å². The van der Waals surface area contributed by atoms with Crippen molar-refractivity contribution in [3.63, 3.8) is 0 Å². The molecule has 1 N–H and O–H groups in total. The maximum Gasteiger partial charge on any atom is 0.162 e. The molecule has 0 heterocycles. The van der Waals surface area contributed by atoms with Gasteiger partial charge in [-0.05, 0) is 23.6 Å². The van der Waals surface area contributed by atoms with Crippen molar-refractivity contribution >= 4 is 7.29 Å². The van der Waals surface area contributed by atoms with Gasteiger partial charge in [0.05, 0.1) is 0 Å². The molecule has 0 aliphatic heterocycles. The Labute approximate surface area is 163 Å². The van der Waals surface area contributed by atoms with Crippen molar-refractivity contribution in [1.29, 1.82) is 0 Å². The van der Waals surface area contributed by atoms with E-state index in [1.54, 1.807) is 0 Å². The largest absolute Gasteiger partial charge is 0.305 e. The molecule has 0 bridgehead atoms. The van der Waals surface area contributed by atoms with Crippen molar-refractivity contribution in [2.45, 2.75) is 38.1 Å². The summed E-state index contributed by atoms with van der Waals surface area (Å²) >= 11 is 0. The van der Waals surface area contributed by atoms with E-state index in [-0.39, 0.29) is 17.4 Å². The SMILES string of the molecule is C[C@H](c1ccccc1)P(=O)(N[C@H](C)c1ccccc1)[C@H](C)c1ccccc1. The molecule has 2 nitrogen and oxygen atoms in total. The lowest BCUT2D eigenvalue weighted by Crippen LogP contribution is -2.22. The zero-order chi connectivity index (χ0) is 19.3. The van der Waals surface area contributed by atoms with E-state index in [1.807, 2.05) is 54.6 Å². The first-order valence-electron chi connectivity index (χ1n) is 9.54. The molecule has 0 aliphatic rings. The van der Waals surface area contributed by atoms with Gasteiger partial charge >= 0.3 is 0 Å². The van der Waals surface area contributed by atoms with Crippen molar-refractivity contribution in [2.24, 2.45) is 0 Å². The van der Waals surface area contributed by atoms with Crippen LogP contribution >= 0.6 is 7.29 Å². The van der Waals surface area contributed by atoms with Crippen LogP contribution in [0.1, 0.15) is 54.8 Å². The van der Waals surface area contributed by atoms with Gasteiger partial charge in [-0.2, -0.15) is 0 Å². The summed E-state index contributed by atoms with van der Waals surface area (Å²) < 4.78 is 14.5. The van der Waals surface area contributed by atoms with Crippen LogP contribution in [0.5, 0.6) is 0 Å². The van der Waals surface area contributed by atoms with Gasteiger partial charge in [0.1, 0.15) is 0 Å². The van der Waals surface area contributed by atoms with E-state index in [0.717, 1.165) is 16.7 Å². The van der Waals surface area contributed by atoms with Crippen LogP contribution in [0.25, 0.3) is 0 Å². The lowest BCUT2D eigenvalue weighted by atomic mass is 10.1. The minimum absolute atomic E-state index is 0.00866. The normalized spacial score (nSPS) is 15.1. The van der Waals surface area contributed by atoms with Crippen LogP contribution in [0, 0.1) is 0 Å². The predicted octanol–water partition coefficient (Wildman–Crippen LogP) is 7.14. The lowest BCUT2D eigenvalue weighted by Gasteiger charge is -2.34. The summed E-state index contributed by atoms with van der Waals surface area (Å²) in [6.07, 6.45) is 0. The Kier molecular flexibility index (Phi) is 6.31. The average Bonchev–Trinajstić information content (AvgIpc) is 2.74. The molecule has 140 valence electrons. The fourth-order valence-corrected chi connectivity index (χ4v) is 6.69. The first-order valence-corrected chi connectivity index (χ1v) is 11.4. The molecule has 0 aromatic heterocycles. The van der Waals surface area contributed by atoms with Crippen LogP contribution in [0.15, 0.2) is 91.0 Å². The van der Waals surface area contributed by atoms with E-state index in [0.29, 0.717) is 0 Å². The summed E-state index contributed by atoms with van der Waals surface area (Å²) in [6.45, 7) is 6.26. The van der Waals surface area contributed by atoms with Crippen molar-refractivity contribution < 1.29 is 4.57 Å². The molecule has 27 heavy (non-hydrogen) atoms.